The third-order valence-corrected chi connectivity index (χ3v) is 4.62. The number of nitrogens with one attached hydrogen (secondary N) is 1. The third kappa shape index (κ3) is 2.74. The summed E-state index contributed by atoms with van der Waals surface area (Å²) in [7, 11) is 1.63. The van der Waals surface area contributed by atoms with Crippen LogP contribution in [0.3, 0.4) is 0 Å². The minimum absolute atomic E-state index is 0.329. The fourth-order valence-corrected chi connectivity index (χ4v) is 2.93. The first-order chi connectivity index (χ1) is 11.0. The van der Waals surface area contributed by atoms with Crippen LogP contribution in [0.5, 0.6) is 5.75 Å². The van der Waals surface area contributed by atoms with Gasteiger partial charge in [0.25, 0.3) is 0 Å². The predicted molar refractivity (Wildman–Crippen MR) is 86.3 cm³/mol. The molecule has 2 aromatic carbocycles. The van der Waals surface area contributed by atoms with Crippen LogP contribution in [0.1, 0.15) is 24.8 Å². The topological polar surface area (TPSA) is 75.6 Å². The number of rotatable bonds is 5. The number of hydrogen-bond acceptors (Lipinski definition) is 3. The molecule has 0 aliphatic heterocycles. The van der Waals surface area contributed by atoms with Crippen molar-refractivity contribution in [2.24, 2.45) is 5.41 Å². The van der Waals surface area contributed by atoms with E-state index in [1.807, 2.05) is 36.4 Å². The Hall–Kier alpha value is -2.56. The number of carbonyl (C=O) groups excluding carboxylic acids is 1. The maximum atomic E-state index is 12.2. The van der Waals surface area contributed by atoms with E-state index in [0.29, 0.717) is 19.4 Å². The van der Waals surface area contributed by atoms with Crippen LogP contribution >= 0.6 is 0 Å². The summed E-state index contributed by atoms with van der Waals surface area (Å²) in [6.45, 7) is 0.329. The lowest BCUT2D eigenvalue weighted by Gasteiger charge is -2.35. The first-order valence-corrected chi connectivity index (χ1v) is 7.63. The van der Waals surface area contributed by atoms with E-state index in [0.717, 1.165) is 28.5 Å². The number of benzene rings is 2. The first-order valence-electron chi connectivity index (χ1n) is 7.63. The molecule has 1 aliphatic rings. The van der Waals surface area contributed by atoms with Crippen molar-refractivity contribution in [1.82, 2.24) is 5.32 Å². The average Bonchev–Trinajstić information content (AvgIpc) is 2.50. The van der Waals surface area contributed by atoms with Crippen LogP contribution in [-0.2, 0) is 16.1 Å². The van der Waals surface area contributed by atoms with Gasteiger partial charge in [0.05, 0.1) is 7.11 Å². The molecule has 5 heteroatoms. The van der Waals surface area contributed by atoms with Gasteiger partial charge in [-0.1, -0.05) is 24.6 Å². The maximum Gasteiger partial charge on any atom is 0.319 e. The van der Waals surface area contributed by atoms with Crippen LogP contribution in [0, 0.1) is 5.41 Å². The van der Waals surface area contributed by atoms with Crippen LogP contribution in [0.4, 0.5) is 0 Å². The van der Waals surface area contributed by atoms with Crippen molar-refractivity contribution in [1.29, 1.82) is 0 Å². The van der Waals surface area contributed by atoms with Gasteiger partial charge in [0.1, 0.15) is 11.2 Å². The van der Waals surface area contributed by atoms with E-state index >= 15 is 0 Å². The van der Waals surface area contributed by atoms with E-state index < -0.39 is 11.4 Å². The highest BCUT2D eigenvalue weighted by Gasteiger charge is 2.50. The predicted octanol–water partition coefficient (Wildman–Crippen LogP) is 2.72. The van der Waals surface area contributed by atoms with E-state index in [9.17, 15) is 14.7 Å². The van der Waals surface area contributed by atoms with Gasteiger partial charge < -0.3 is 15.2 Å². The molecule has 3 rings (SSSR count). The molecule has 23 heavy (non-hydrogen) atoms. The summed E-state index contributed by atoms with van der Waals surface area (Å²) in [6.07, 6.45) is 1.63. The fourth-order valence-electron chi connectivity index (χ4n) is 2.93. The van der Waals surface area contributed by atoms with Crippen molar-refractivity contribution in [3.8, 4) is 5.75 Å². The summed E-state index contributed by atoms with van der Waals surface area (Å²) in [4.78, 5) is 23.5. The van der Waals surface area contributed by atoms with Gasteiger partial charge in [0.2, 0.25) is 5.91 Å². The second-order valence-electron chi connectivity index (χ2n) is 5.97. The lowest BCUT2D eigenvalue weighted by Crippen LogP contribution is -2.50. The monoisotopic (exact) mass is 313 g/mol. The molecule has 2 aromatic rings. The zero-order valence-corrected chi connectivity index (χ0v) is 13.0. The lowest BCUT2D eigenvalue weighted by atomic mass is 9.68. The molecule has 0 spiro atoms. The lowest BCUT2D eigenvalue weighted by molar-refractivity contribution is -0.162. The second-order valence-corrected chi connectivity index (χ2v) is 5.97. The summed E-state index contributed by atoms with van der Waals surface area (Å²) in [5.74, 6) is -0.607. The molecule has 0 atom stereocenters. The number of methoxy groups -OCH3 is 1. The van der Waals surface area contributed by atoms with Crippen LogP contribution in [-0.4, -0.2) is 24.1 Å². The van der Waals surface area contributed by atoms with E-state index in [1.165, 1.54) is 0 Å². The van der Waals surface area contributed by atoms with Crippen molar-refractivity contribution in [2.45, 2.75) is 25.8 Å². The molecule has 1 amide bonds. The molecule has 2 N–H and O–H groups in total. The molecule has 0 bridgehead atoms. The number of ether oxygens (including phenoxy) is 1. The number of fused-ring (bicyclic) bond motifs is 1. The van der Waals surface area contributed by atoms with Crippen LogP contribution in [0.25, 0.3) is 10.8 Å². The summed E-state index contributed by atoms with van der Waals surface area (Å²) in [5.41, 5.74) is -0.277. The molecular formula is C18H19NO4. The molecule has 120 valence electrons. The van der Waals surface area contributed by atoms with Gasteiger partial charge in [-0.25, -0.2) is 0 Å². The van der Waals surface area contributed by atoms with Crippen molar-refractivity contribution in [2.75, 3.05) is 7.11 Å². The molecule has 5 nitrogen and oxygen atoms in total. The first kappa shape index (κ1) is 15.3. The van der Waals surface area contributed by atoms with E-state index in [4.69, 9.17) is 4.74 Å². The third-order valence-electron chi connectivity index (χ3n) is 4.62. The number of carboxylic acids is 1. The fraction of sp³-hybridized carbons (Fsp3) is 0.333. The minimum atomic E-state index is -1.22. The van der Waals surface area contributed by atoms with Gasteiger partial charge >= 0.3 is 5.97 Å². The minimum Gasteiger partial charge on any atom is -0.497 e. The number of aliphatic carboxylic acids is 1. The van der Waals surface area contributed by atoms with Crippen molar-refractivity contribution >= 4 is 22.6 Å². The highest BCUT2D eigenvalue weighted by atomic mass is 16.5. The summed E-state index contributed by atoms with van der Waals surface area (Å²) in [6, 6.07) is 11.7. The molecule has 0 unspecified atom stereocenters. The SMILES string of the molecule is COc1ccc2cc(CNC(=O)C3(C(=O)O)CCC3)ccc2c1. The number of carbonyl (C=O) groups is 2. The van der Waals surface area contributed by atoms with E-state index in [-0.39, 0.29) is 5.91 Å². The van der Waals surface area contributed by atoms with Gasteiger partial charge in [0.15, 0.2) is 0 Å². The maximum absolute atomic E-state index is 12.2. The zero-order chi connectivity index (χ0) is 16.4. The Morgan fingerprint density at radius 2 is 1.87 bits per heavy atom. The molecule has 0 aromatic heterocycles. The molecule has 1 saturated carbocycles. The van der Waals surface area contributed by atoms with E-state index in [2.05, 4.69) is 5.32 Å². The Morgan fingerprint density at radius 1 is 1.17 bits per heavy atom. The molecule has 1 aliphatic carbocycles. The van der Waals surface area contributed by atoms with Crippen molar-refractivity contribution < 1.29 is 19.4 Å². The van der Waals surface area contributed by atoms with E-state index in [1.54, 1.807) is 7.11 Å². The summed E-state index contributed by atoms with van der Waals surface area (Å²) < 4.78 is 5.20. The summed E-state index contributed by atoms with van der Waals surface area (Å²) in [5, 5.41) is 14.1. The van der Waals surface area contributed by atoms with Crippen molar-refractivity contribution in [3.05, 3.63) is 42.0 Å². The van der Waals surface area contributed by atoms with Gasteiger partial charge in [-0.2, -0.15) is 0 Å². The summed E-state index contributed by atoms with van der Waals surface area (Å²) >= 11 is 0. The quantitative estimate of drug-likeness (QED) is 0.832. The molecular weight excluding hydrogens is 294 g/mol. The normalized spacial score (nSPS) is 15.7. The Balaban J connectivity index is 1.72. The smallest absolute Gasteiger partial charge is 0.319 e. The Kier molecular flexibility index (Phi) is 3.94. The van der Waals surface area contributed by atoms with Gasteiger partial charge in [-0.3, -0.25) is 9.59 Å². The highest BCUT2D eigenvalue weighted by molar-refractivity contribution is 6.02. The largest absolute Gasteiger partial charge is 0.497 e. The molecule has 0 heterocycles. The standard InChI is InChI=1S/C18H19NO4/c1-23-15-6-5-13-9-12(3-4-14(13)10-15)11-19-16(20)18(17(21)22)7-2-8-18/h3-6,9-10H,2,7-8,11H2,1H3,(H,19,20)(H,21,22). The Labute approximate surface area is 134 Å². The number of carboxylic acid groups (broad SMARTS) is 1. The molecule has 1 fully saturated rings. The van der Waals surface area contributed by atoms with Gasteiger partial charge in [-0.15, -0.1) is 0 Å². The van der Waals surface area contributed by atoms with Crippen LogP contribution in [0.15, 0.2) is 36.4 Å². The highest BCUT2D eigenvalue weighted by Crippen LogP contribution is 2.41. The zero-order valence-electron chi connectivity index (χ0n) is 13.0. The van der Waals surface area contributed by atoms with Crippen LogP contribution < -0.4 is 10.1 Å². The molecule has 0 saturated heterocycles. The molecule has 0 radical (unpaired) electrons. The number of amides is 1. The van der Waals surface area contributed by atoms with Gasteiger partial charge in [-0.05, 0) is 47.4 Å². The number of hydrogen-bond donors (Lipinski definition) is 2. The van der Waals surface area contributed by atoms with Gasteiger partial charge in [0, 0.05) is 6.54 Å². The van der Waals surface area contributed by atoms with Crippen LogP contribution in [0.2, 0.25) is 0 Å². The Bertz CT molecular complexity index is 765. The Morgan fingerprint density at radius 3 is 2.48 bits per heavy atom. The second kappa shape index (κ2) is 5.91. The van der Waals surface area contributed by atoms with Crippen molar-refractivity contribution in [3.63, 3.8) is 0 Å². The average molecular weight is 313 g/mol.